The fourth-order valence-corrected chi connectivity index (χ4v) is 1.33. The van der Waals surface area contributed by atoms with Gasteiger partial charge in [-0.3, -0.25) is 0 Å². The third kappa shape index (κ3) is 1.84. The van der Waals surface area contributed by atoms with Crippen molar-refractivity contribution < 1.29 is 9.87 Å². The standard InChI is InChI=1S/C10H12N2O2/c1-12(14)9-6-8(4-5-10(9)13)11-7-2-3-7/h4-7,11H,2-3H2,1H3/p+1. The Balaban J connectivity index is 2.24. The molecule has 0 unspecified atom stereocenters. The van der Waals surface area contributed by atoms with Crippen molar-refractivity contribution in [3.05, 3.63) is 23.1 Å². The van der Waals surface area contributed by atoms with Crippen molar-refractivity contribution in [3.8, 4) is 5.75 Å². The third-order valence-electron chi connectivity index (χ3n) is 2.26. The highest BCUT2D eigenvalue weighted by Gasteiger charge is 2.22. The summed E-state index contributed by atoms with van der Waals surface area (Å²) in [6.07, 6.45) is 2.37. The zero-order valence-corrected chi connectivity index (χ0v) is 8.03. The van der Waals surface area contributed by atoms with Crippen LogP contribution in [0, 0.1) is 4.91 Å². The molecule has 0 aliphatic heterocycles. The van der Waals surface area contributed by atoms with Gasteiger partial charge in [0.25, 0.3) is 5.69 Å². The summed E-state index contributed by atoms with van der Waals surface area (Å²) in [5.74, 6) is 0.0175. The van der Waals surface area contributed by atoms with Gasteiger partial charge in [-0.1, -0.05) is 0 Å². The summed E-state index contributed by atoms with van der Waals surface area (Å²) < 4.78 is 0.660. The lowest BCUT2D eigenvalue weighted by atomic mass is 10.2. The predicted octanol–water partition coefficient (Wildman–Crippen LogP) is 2.01. The Morgan fingerprint density at radius 1 is 1.50 bits per heavy atom. The van der Waals surface area contributed by atoms with Crippen molar-refractivity contribution in [2.24, 2.45) is 0 Å². The van der Waals surface area contributed by atoms with E-state index in [1.807, 2.05) is 0 Å². The average molecular weight is 193 g/mol. The Morgan fingerprint density at radius 2 is 2.21 bits per heavy atom. The van der Waals surface area contributed by atoms with E-state index >= 15 is 0 Å². The van der Waals surface area contributed by atoms with E-state index in [4.69, 9.17) is 0 Å². The quantitative estimate of drug-likeness (QED) is 0.570. The van der Waals surface area contributed by atoms with Crippen LogP contribution >= 0.6 is 0 Å². The van der Waals surface area contributed by atoms with E-state index < -0.39 is 0 Å². The monoisotopic (exact) mass is 193 g/mol. The van der Waals surface area contributed by atoms with E-state index in [-0.39, 0.29) is 5.75 Å². The molecule has 0 heterocycles. The zero-order valence-electron chi connectivity index (χ0n) is 8.03. The summed E-state index contributed by atoms with van der Waals surface area (Å²) in [7, 11) is 1.37. The van der Waals surface area contributed by atoms with Crippen LogP contribution in [-0.2, 0) is 0 Å². The molecule has 2 N–H and O–H groups in total. The highest BCUT2D eigenvalue weighted by molar-refractivity contribution is 5.58. The van der Waals surface area contributed by atoms with Gasteiger partial charge in [0.05, 0.1) is 0 Å². The number of anilines is 1. The van der Waals surface area contributed by atoms with Crippen LogP contribution in [0.1, 0.15) is 12.8 Å². The lowest BCUT2D eigenvalue weighted by Crippen LogP contribution is -2.01. The second kappa shape index (κ2) is 3.29. The SMILES string of the molecule is C[N+](=O)c1cc(NC2CC2)ccc1O. The summed E-state index contributed by atoms with van der Waals surface area (Å²) in [6.45, 7) is 0. The Labute approximate surface area is 82.1 Å². The molecule has 4 heteroatoms. The zero-order chi connectivity index (χ0) is 10.1. The number of nitrogens with one attached hydrogen (secondary N) is 1. The van der Waals surface area contributed by atoms with Crippen LogP contribution in [0.15, 0.2) is 18.2 Å². The smallest absolute Gasteiger partial charge is 0.298 e. The maximum absolute atomic E-state index is 11.0. The van der Waals surface area contributed by atoms with Gasteiger partial charge in [0.1, 0.15) is 0 Å². The lowest BCUT2D eigenvalue weighted by Gasteiger charge is -2.03. The second-order valence-electron chi connectivity index (χ2n) is 3.62. The molecule has 1 aromatic rings. The lowest BCUT2D eigenvalue weighted by molar-refractivity contribution is -0.429. The van der Waals surface area contributed by atoms with E-state index in [0.717, 1.165) is 5.69 Å². The van der Waals surface area contributed by atoms with Crippen molar-refractivity contribution in [3.63, 3.8) is 0 Å². The van der Waals surface area contributed by atoms with Crippen LogP contribution in [0.25, 0.3) is 0 Å². The topological polar surface area (TPSA) is 52.3 Å². The van der Waals surface area contributed by atoms with Crippen molar-refractivity contribution in [2.75, 3.05) is 12.4 Å². The van der Waals surface area contributed by atoms with E-state index in [1.165, 1.54) is 26.0 Å². The van der Waals surface area contributed by atoms with E-state index in [9.17, 15) is 10.0 Å². The molecule has 0 atom stereocenters. The van der Waals surface area contributed by atoms with E-state index in [1.54, 1.807) is 12.1 Å². The molecule has 1 aliphatic rings. The van der Waals surface area contributed by atoms with Gasteiger partial charge in [-0.25, -0.2) is 0 Å². The molecule has 0 amide bonds. The number of nitroso groups, excluding NO2 is 1. The van der Waals surface area contributed by atoms with Crippen molar-refractivity contribution in [1.82, 2.24) is 0 Å². The van der Waals surface area contributed by atoms with Crippen LogP contribution in [0.4, 0.5) is 11.4 Å². The Morgan fingerprint density at radius 3 is 2.79 bits per heavy atom. The molecule has 4 nitrogen and oxygen atoms in total. The van der Waals surface area contributed by atoms with Gasteiger partial charge in [0.15, 0.2) is 12.8 Å². The maximum Gasteiger partial charge on any atom is 0.298 e. The minimum Gasteiger partial charge on any atom is -0.502 e. The molecule has 2 rings (SSSR count). The van der Waals surface area contributed by atoms with Crippen molar-refractivity contribution in [1.29, 1.82) is 0 Å². The van der Waals surface area contributed by atoms with Gasteiger partial charge in [0.2, 0.25) is 0 Å². The molecule has 14 heavy (non-hydrogen) atoms. The summed E-state index contributed by atoms with van der Waals surface area (Å²) in [6, 6.07) is 5.53. The third-order valence-corrected chi connectivity index (χ3v) is 2.26. The van der Waals surface area contributed by atoms with E-state index in [2.05, 4.69) is 5.32 Å². The molecule has 0 aromatic heterocycles. The van der Waals surface area contributed by atoms with Gasteiger partial charge >= 0.3 is 0 Å². The first-order chi connectivity index (χ1) is 6.66. The summed E-state index contributed by atoms with van der Waals surface area (Å²) in [4.78, 5) is 11.0. The highest BCUT2D eigenvalue weighted by Crippen LogP contribution is 2.31. The Bertz CT molecular complexity index is 372. The largest absolute Gasteiger partial charge is 0.502 e. The number of hydrogen-bond donors (Lipinski definition) is 2. The number of hydrogen-bond acceptors (Lipinski definition) is 3. The molecule has 1 aliphatic carbocycles. The van der Waals surface area contributed by atoms with Crippen LogP contribution < -0.4 is 5.32 Å². The molecular weight excluding hydrogens is 180 g/mol. The fraction of sp³-hybridized carbons (Fsp3) is 0.400. The molecule has 1 fully saturated rings. The molecule has 1 aromatic carbocycles. The first-order valence-electron chi connectivity index (χ1n) is 4.67. The predicted molar refractivity (Wildman–Crippen MR) is 54.0 cm³/mol. The minimum absolute atomic E-state index is 0.0175. The highest BCUT2D eigenvalue weighted by atomic mass is 16.3. The van der Waals surface area contributed by atoms with Gasteiger partial charge in [-0.15, -0.1) is 0 Å². The molecule has 74 valence electrons. The number of rotatable bonds is 3. The maximum atomic E-state index is 11.0. The summed E-state index contributed by atoms with van der Waals surface area (Å²) >= 11 is 0. The average Bonchev–Trinajstić information content (AvgIpc) is 2.92. The van der Waals surface area contributed by atoms with Gasteiger partial charge in [-0.2, -0.15) is 0 Å². The normalized spacial score (nSPS) is 15.2. The van der Waals surface area contributed by atoms with Crippen LogP contribution in [0.3, 0.4) is 0 Å². The molecular formula is C10H13N2O2+. The molecule has 0 radical (unpaired) electrons. The summed E-state index contributed by atoms with van der Waals surface area (Å²) in [5, 5.41) is 12.6. The fourth-order valence-electron chi connectivity index (χ4n) is 1.33. The first-order valence-corrected chi connectivity index (χ1v) is 4.67. The Kier molecular flexibility index (Phi) is 2.11. The second-order valence-corrected chi connectivity index (χ2v) is 3.62. The molecule has 0 bridgehead atoms. The number of phenolic OH excluding ortho intramolecular Hbond substituents is 1. The minimum atomic E-state index is 0.0175. The van der Waals surface area contributed by atoms with Crippen molar-refractivity contribution >= 4 is 11.4 Å². The number of nitrogens with zero attached hydrogens (tertiary/aromatic N) is 1. The first kappa shape index (κ1) is 8.99. The van der Waals surface area contributed by atoms with Crippen molar-refractivity contribution in [2.45, 2.75) is 18.9 Å². The van der Waals surface area contributed by atoms with Gasteiger partial charge < -0.3 is 10.4 Å². The van der Waals surface area contributed by atoms with Crippen LogP contribution in [0.2, 0.25) is 0 Å². The number of phenols is 1. The van der Waals surface area contributed by atoms with Gasteiger partial charge in [-0.05, 0) is 25.0 Å². The Hall–Kier alpha value is -1.58. The number of benzene rings is 1. The van der Waals surface area contributed by atoms with Crippen LogP contribution in [0.5, 0.6) is 5.75 Å². The summed E-state index contributed by atoms with van der Waals surface area (Å²) in [5.41, 5.74) is 1.19. The molecule has 0 saturated heterocycles. The van der Waals surface area contributed by atoms with Gasteiger partial charge in [0, 0.05) is 27.5 Å². The van der Waals surface area contributed by atoms with Crippen LogP contribution in [-0.4, -0.2) is 23.0 Å². The molecule has 1 saturated carbocycles. The molecule has 0 spiro atoms. The van der Waals surface area contributed by atoms with E-state index in [0.29, 0.717) is 16.5 Å². The number of aromatic hydroxyl groups is 1.